The number of benzene rings is 2. The minimum atomic E-state index is 0.460. The molecule has 0 aliphatic heterocycles. The molecule has 0 unspecified atom stereocenters. The number of aromatic nitrogens is 2. The van der Waals surface area contributed by atoms with Gasteiger partial charge in [-0.05, 0) is 18.1 Å². The Hall–Kier alpha value is -2.69. The van der Waals surface area contributed by atoms with Crippen molar-refractivity contribution in [3.63, 3.8) is 0 Å². The van der Waals surface area contributed by atoms with Crippen molar-refractivity contribution in [3.8, 4) is 28.6 Å². The van der Waals surface area contributed by atoms with Crippen LogP contribution in [0.5, 0.6) is 17.2 Å². The average molecular weight is 326 g/mol. The van der Waals surface area contributed by atoms with E-state index in [4.69, 9.17) is 14.2 Å². The van der Waals surface area contributed by atoms with Crippen LogP contribution in [0.2, 0.25) is 0 Å². The van der Waals surface area contributed by atoms with Crippen molar-refractivity contribution in [2.24, 2.45) is 5.92 Å². The lowest BCUT2D eigenvalue weighted by atomic mass is 10.2. The summed E-state index contributed by atoms with van der Waals surface area (Å²) in [6, 6.07) is 11.7. The standard InChI is InChI=1S/C19H22N2O3/c1-12(2)11-24-16-8-6-5-7-13(16)19-20-14-9-17(22-3)18(23-4)10-15(14)21-19/h5-10,12H,11H2,1-4H3,(H,20,21). The maximum absolute atomic E-state index is 5.93. The van der Waals surface area contributed by atoms with Crippen LogP contribution in [0, 0.1) is 5.92 Å². The molecule has 0 spiro atoms. The molecule has 126 valence electrons. The Labute approximate surface area is 141 Å². The molecule has 3 aromatic rings. The second-order valence-corrected chi connectivity index (χ2v) is 6.01. The first-order chi connectivity index (χ1) is 11.6. The van der Waals surface area contributed by atoms with E-state index in [1.165, 1.54) is 0 Å². The number of ether oxygens (including phenoxy) is 3. The third kappa shape index (κ3) is 3.15. The monoisotopic (exact) mass is 326 g/mol. The minimum Gasteiger partial charge on any atom is -0.493 e. The van der Waals surface area contributed by atoms with Crippen LogP contribution in [0.4, 0.5) is 0 Å². The van der Waals surface area contributed by atoms with E-state index in [1.807, 2.05) is 36.4 Å². The lowest BCUT2D eigenvalue weighted by molar-refractivity contribution is 0.272. The molecular formula is C19H22N2O3. The number of aromatic amines is 1. The maximum atomic E-state index is 5.93. The molecule has 0 saturated carbocycles. The molecule has 0 aliphatic carbocycles. The molecule has 0 saturated heterocycles. The lowest BCUT2D eigenvalue weighted by Crippen LogP contribution is -2.05. The Morgan fingerprint density at radius 1 is 1.00 bits per heavy atom. The van der Waals surface area contributed by atoms with Gasteiger partial charge in [0.25, 0.3) is 0 Å². The van der Waals surface area contributed by atoms with Crippen LogP contribution in [0.25, 0.3) is 22.4 Å². The van der Waals surface area contributed by atoms with Crippen LogP contribution in [-0.4, -0.2) is 30.8 Å². The van der Waals surface area contributed by atoms with E-state index < -0.39 is 0 Å². The third-order valence-electron chi connectivity index (χ3n) is 3.70. The fraction of sp³-hybridized carbons (Fsp3) is 0.316. The van der Waals surface area contributed by atoms with Gasteiger partial charge in [0.2, 0.25) is 0 Å². The number of methoxy groups -OCH3 is 2. The van der Waals surface area contributed by atoms with Gasteiger partial charge in [0.1, 0.15) is 11.6 Å². The van der Waals surface area contributed by atoms with Crippen LogP contribution in [0.1, 0.15) is 13.8 Å². The SMILES string of the molecule is COc1cc2nc(-c3ccccc3OCC(C)C)[nH]c2cc1OC. The van der Waals surface area contributed by atoms with Crippen molar-refractivity contribution in [1.29, 1.82) is 0 Å². The maximum Gasteiger partial charge on any atom is 0.163 e. The predicted molar refractivity (Wildman–Crippen MR) is 95.0 cm³/mol. The van der Waals surface area contributed by atoms with Crippen molar-refractivity contribution in [3.05, 3.63) is 36.4 Å². The summed E-state index contributed by atoms with van der Waals surface area (Å²) in [6.45, 7) is 4.92. The third-order valence-corrected chi connectivity index (χ3v) is 3.70. The number of nitrogens with one attached hydrogen (secondary N) is 1. The van der Waals surface area contributed by atoms with Crippen LogP contribution in [-0.2, 0) is 0 Å². The second kappa shape index (κ2) is 6.83. The molecular weight excluding hydrogens is 304 g/mol. The van der Waals surface area contributed by atoms with E-state index in [-0.39, 0.29) is 0 Å². The summed E-state index contributed by atoms with van der Waals surface area (Å²) in [7, 11) is 3.24. The Bertz CT molecular complexity index is 799. The molecule has 0 bridgehead atoms. The molecule has 0 aliphatic rings. The van der Waals surface area contributed by atoms with Crippen LogP contribution >= 0.6 is 0 Å². The zero-order chi connectivity index (χ0) is 17.1. The van der Waals surface area contributed by atoms with E-state index in [1.54, 1.807) is 14.2 Å². The van der Waals surface area contributed by atoms with E-state index >= 15 is 0 Å². The number of para-hydroxylation sites is 1. The van der Waals surface area contributed by atoms with E-state index in [2.05, 4.69) is 23.8 Å². The number of fused-ring (bicyclic) bond motifs is 1. The molecule has 0 radical (unpaired) electrons. The van der Waals surface area contributed by atoms with Gasteiger partial charge in [0.05, 0.1) is 37.4 Å². The van der Waals surface area contributed by atoms with Gasteiger partial charge < -0.3 is 19.2 Å². The highest BCUT2D eigenvalue weighted by molar-refractivity contribution is 5.84. The van der Waals surface area contributed by atoms with Crippen molar-refractivity contribution in [2.45, 2.75) is 13.8 Å². The first-order valence-corrected chi connectivity index (χ1v) is 7.96. The first kappa shape index (κ1) is 16.2. The average Bonchev–Trinajstić information content (AvgIpc) is 3.01. The highest BCUT2D eigenvalue weighted by Crippen LogP contribution is 2.34. The van der Waals surface area contributed by atoms with E-state index in [9.17, 15) is 0 Å². The highest BCUT2D eigenvalue weighted by Gasteiger charge is 2.14. The van der Waals surface area contributed by atoms with Crippen LogP contribution in [0.15, 0.2) is 36.4 Å². The Morgan fingerprint density at radius 3 is 2.42 bits per heavy atom. The van der Waals surface area contributed by atoms with Crippen molar-refractivity contribution < 1.29 is 14.2 Å². The summed E-state index contributed by atoms with van der Waals surface area (Å²) >= 11 is 0. The summed E-state index contributed by atoms with van der Waals surface area (Å²) in [5, 5.41) is 0. The largest absolute Gasteiger partial charge is 0.493 e. The number of imidazole rings is 1. The van der Waals surface area contributed by atoms with Gasteiger partial charge in [-0.2, -0.15) is 0 Å². The van der Waals surface area contributed by atoms with Crippen molar-refractivity contribution >= 4 is 11.0 Å². The number of hydrogen-bond acceptors (Lipinski definition) is 4. The molecule has 0 amide bonds. The summed E-state index contributed by atoms with van der Waals surface area (Å²) in [5.41, 5.74) is 2.65. The Kier molecular flexibility index (Phi) is 4.60. The summed E-state index contributed by atoms with van der Waals surface area (Å²) < 4.78 is 16.6. The van der Waals surface area contributed by atoms with Crippen molar-refractivity contribution in [1.82, 2.24) is 9.97 Å². The van der Waals surface area contributed by atoms with Gasteiger partial charge in [-0.15, -0.1) is 0 Å². The second-order valence-electron chi connectivity index (χ2n) is 6.01. The fourth-order valence-corrected chi connectivity index (χ4v) is 2.51. The fourth-order valence-electron chi connectivity index (χ4n) is 2.51. The van der Waals surface area contributed by atoms with Crippen LogP contribution < -0.4 is 14.2 Å². The number of rotatable bonds is 6. The lowest BCUT2D eigenvalue weighted by Gasteiger charge is -2.11. The van der Waals surface area contributed by atoms with E-state index in [0.29, 0.717) is 24.0 Å². The summed E-state index contributed by atoms with van der Waals surface area (Å²) in [5.74, 6) is 3.38. The predicted octanol–water partition coefficient (Wildman–Crippen LogP) is 4.28. The van der Waals surface area contributed by atoms with Gasteiger partial charge in [-0.25, -0.2) is 4.98 Å². The highest BCUT2D eigenvalue weighted by atomic mass is 16.5. The van der Waals surface area contributed by atoms with Crippen molar-refractivity contribution in [2.75, 3.05) is 20.8 Å². The zero-order valence-electron chi connectivity index (χ0n) is 14.4. The molecule has 5 heteroatoms. The summed E-state index contributed by atoms with van der Waals surface area (Å²) in [4.78, 5) is 8.02. The smallest absolute Gasteiger partial charge is 0.163 e. The first-order valence-electron chi connectivity index (χ1n) is 7.96. The molecule has 0 fully saturated rings. The van der Waals surface area contributed by atoms with Gasteiger partial charge in [0.15, 0.2) is 11.5 Å². The molecule has 1 N–H and O–H groups in total. The van der Waals surface area contributed by atoms with E-state index in [0.717, 1.165) is 28.2 Å². The number of H-pyrrole nitrogens is 1. The number of nitrogens with zero attached hydrogens (tertiary/aromatic N) is 1. The Balaban J connectivity index is 2.04. The Morgan fingerprint density at radius 2 is 1.71 bits per heavy atom. The molecule has 3 rings (SSSR count). The summed E-state index contributed by atoms with van der Waals surface area (Å²) in [6.07, 6.45) is 0. The van der Waals surface area contributed by atoms with Gasteiger partial charge in [-0.3, -0.25) is 0 Å². The van der Waals surface area contributed by atoms with Gasteiger partial charge in [-0.1, -0.05) is 26.0 Å². The quantitative estimate of drug-likeness (QED) is 0.734. The molecule has 2 aromatic carbocycles. The molecule has 1 heterocycles. The topological polar surface area (TPSA) is 56.4 Å². The van der Waals surface area contributed by atoms with Crippen LogP contribution in [0.3, 0.4) is 0 Å². The molecule has 1 aromatic heterocycles. The molecule has 24 heavy (non-hydrogen) atoms. The number of hydrogen-bond donors (Lipinski definition) is 1. The zero-order valence-corrected chi connectivity index (χ0v) is 14.4. The molecule has 5 nitrogen and oxygen atoms in total. The van der Waals surface area contributed by atoms with Gasteiger partial charge >= 0.3 is 0 Å². The molecule has 0 atom stereocenters. The van der Waals surface area contributed by atoms with Gasteiger partial charge in [0, 0.05) is 12.1 Å². The minimum absolute atomic E-state index is 0.460. The normalized spacial score (nSPS) is 11.0.